The number of para-hydroxylation sites is 2. The molecule has 25 heavy (non-hydrogen) atoms. The van der Waals surface area contributed by atoms with Crippen molar-refractivity contribution in [3.8, 4) is 11.5 Å². The van der Waals surface area contributed by atoms with Crippen LogP contribution in [0.5, 0.6) is 11.5 Å². The molecular formula is C18H14Br2N2O2Sn. The Hall–Kier alpha value is -1.38. The molecule has 0 unspecified atom stereocenters. The van der Waals surface area contributed by atoms with Gasteiger partial charge in [-0.2, -0.15) is 0 Å². The molecule has 2 radical (unpaired) electrons. The van der Waals surface area contributed by atoms with Crippen LogP contribution in [0.3, 0.4) is 0 Å². The van der Waals surface area contributed by atoms with Crippen molar-refractivity contribution >= 4 is 63.9 Å². The molecule has 2 aromatic heterocycles. The summed E-state index contributed by atoms with van der Waals surface area (Å²) in [5.41, 5.74) is 1.32. The van der Waals surface area contributed by atoms with Crippen LogP contribution in [-0.2, 0) is 0 Å². The van der Waals surface area contributed by atoms with E-state index in [1.165, 1.54) is 0 Å². The Balaban J connectivity index is 0.000000156. The first-order chi connectivity index (χ1) is 12.2. The quantitative estimate of drug-likeness (QED) is 0.287. The standard InChI is InChI=1S/2C9H7NO.2BrH.Sn/c2*11-8-5-1-3-7-4-2-6-10-9(7)8;;;/h2*1-6,11H;2*1H;/q;;;;+2/p-2. The van der Waals surface area contributed by atoms with Crippen molar-refractivity contribution in [3.63, 3.8) is 0 Å². The average Bonchev–Trinajstić information content (AvgIpc) is 2.64. The van der Waals surface area contributed by atoms with Gasteiger partial charge in [-0.3, -0.25) is 9.97 Å². The number of nitrogens with zero attached hydrogens (tertiary/aromatic N) is 2. The summed E-state index contributed by atoms with van der Waals surface area (Å²) in [5, 5.41) is 20.5. The zero-order valence-electron chi connectivity index (χ0n) is 13.0. The molecule has 0 amide bonds. The van der Waals surface area contributed by atoms with Gasteiger partial charge in [0.25, 0.3) is 0 Å². The molecule has 0 saturated carbocycles. The van der Waals surface area contributed by atoms with E-state index >= 15 is 0 Å². The Kier molecular flexibility index (Phi) is 8.43. The number of aromatic nitrogens is 2. The monoisotopic (exact) mass is 568 g/mol. The van der Waals surface area contributed by atoms with E-state index in [1.54, 1.807) is 36.7 Å². The SMILES string of the molecule is Oc1cccc2cccnc12.Oc1cccc2cccnc12.[Br][Sn][Br]. The predicted octanol–water partition coefficient (Wildman–Crippen LogP) is 5.19. The number of phenols is 2. The molecule has 126 valence electrons. The van der Waals surface area contributed by atoms with E-state index in [0.717, 1.165) is 10.8 Å². The number of aromatic hydroxyl groups is 2. The van der Waals surface area contributed by atoms with E-state index in [1.807, 2.05) is 36.4 Å². The molecule has 4 nitrogen and oxygen atoms in total. The second-order valence-corrected chi connectivity index (χ2v) is 17.6. The van der Waals surface area contributed by atoms with Crippen molar-refractivity contribution in [2.24, 2.45) is 0 Å². The number of rotatable bonds is 0. The topological polar surface area (TPSA) is 66.2 Å². The molecule has 0 fully saturated rings. The third-order valence-corrected chi connectivity index (χ3v) is 3.22. The van der Waals surface area contributed by atoms with Crippen LogP contribution in [0, 0.1) is 0 Å². The molecule has 0 atom stereocenters. The van der Waals surface area contributed by atoms with Crippen molar-refractivity contribution in [3.05, 3.63) is 73.1 Å². The van der Waals surface area contributed by atoms with Gasteiger partial charge in [0.05, 0.1) is 0 Å². The summed E-state index contributed by atoms with van der Waals surface area (Å²) in [5.74, 6) is 0.478. The minimum atomic E-state index is -0.145. The fraction of sp³-hybridized carbons (Fsp3) is 0. The van der Waals surface area contributed by atoms with Gasteiger partial charge in [-0.05, 0) is 24.3 Å². The maximum absolute atomic E-state index is 9.31. The van der Waals surface area contributed by atoms with Crippen molar-refractivity contribution in [1.82, 2.24) is 9.97 Å². The Morgan fingerprint density at radius 1 is 0.640 bits per heavy atom. The molecule has 7 heteroatoms. The van der Waals surface area contributed by atoms with Gasteiger partial charge in [0.15, 0.2) is 0 Å². The number of fused-ring (bicyclic) bond motifs is 2. The number of halogens is 2. The van der Waals surface area contributed by atoms with Crippen molar-refractivity contribution < 1.29 is 10.2 Å². The summed E-state index contributed by atoms with van der Waals surface area (Å²) >= 11 is 6.32. The zero-order chi connectivity index (χ0) is 18.1. The Morgan fingerprint density at radius 2 is 1.00 bits per heavy atom. The van der Waals surface area contributed by atoms with Crippen LogP contribution in [0.2, 0.25) is 0 Å². The Morgan fingerprint density at radius 3 is 1.36 bits per heavy atom. The maximum atomic E-state index is 9.31. The summed E-state index contributed by atoms with van der Waals surface area (Å²) in [6.07, 6.45) is 3.34. The van der Waals surface area contributed by atoms with Crippen LogP contribution in [0.25, 0.3) is 21.8 Å². The number of hydrogen-bond acceptors (Lipinski definition) is 4. The summed E-state index contributed by atoms with van der Waals surface area (Å²) in [4.78, 5) is 8.06. The van der Waals surface area contributed by atoms with Crippen LogP contribution >= 0.6 is 25.4 Å². The first-order valence-electron chi connectivity index (χ1n) is 7.19. The number of pyridine rings is 2. The first-order valence-corrected chi connectivity index (χ1v) is 20.0. The molecule has 0 saturated heterocycles. The van der Waals surface area contributed by atoms with Gasteiger partial charge in [0.1, 0.15) is 22.5 Å². The summed E-state index contributed by atoms with van der Waals surface area (Å²) < 4.78 is 0. The molecule has 0 aliphatic carbocycles. The Labute approximate surface area is 167 Å². The molecule has 2 N–H and O–H groups in total. The molecule has 0 bridgehead atoms. The van der Waals surface area contributed by atoms with E-state index in [-0.39, 0.29) is 28.2 Å². The average molecular weight is 569 g/mol. The van der Waals surface area contributed by atoms with Gasteiger partial charge >= 0.3 is 42.1 Å². The van der Waals surface area contributed by atoms with E-state index in [2.05, 4.69) is 35.4 Å². The van der Waals surface area contributed by atoms with Crippen molar-refractivity contribution in [1.29, 1.82) is 0 Å². The molecule has 4 aromatic rings. The van der Waals surface area contributed by atoms with E-state index in [0.29, 0.717) is 11.0 Å². The zero-order valence-corrected chi connectivity index (χ0v) is 19.0. The van der Waals surface area contributed by atoms with Crippen LogP contribution in [0.4, 0.5) is 0 Å². The third-order valence-electron chi connectivity index (χ3n) is 3.22. The van der Waals surface area contributed by atoms with Gasteiger partial charge in [-0.25, -0.2) is 0 Å². The molecule has 4 rings (SSSR count). The summed E-state index contributed by atoms with van der Waals surface area (Å²) in [6.45, 7) is 0. The summed E-state index contributed by atoms with van der Waals surface area (Å²) in [7, 11) is 0. The molecule has 2 aromatic carbocycles. The van der Waals surface area contributed by atoms with Gasteiger partial charge in [0, 0.05) is 23.2 Å². The minimum absolute atomic E-state index is 0.145. The van der Waals surface area contributed by atoms with Crippen LogP contribution < -0.4 is 0 Å². The summed E-state index contributed by atoms with van der Waals surface area (Å²) in [6, 6.07) is 18.3. The molecular weight excluding hydrogens is 555 g/mol. The first kappa shape index (κ1) is 19.9. The second-order valence-electron chi connectivity index (χ2n) is 4.78. The number of phenolic OH excluding ortho intramolecular Hbond substituents is 2. The fourth-order valence-electron chi connectivity index (χ4n) is 2.18. The Bertz CT molecular complexity index is 866. The van der Waals surface area contributed by atoms with Crippen molar-refractivity contribution in [2.45, 2.75) is 0 Å². The number of benzene rings is 2. The van der Waals surface area contributed by atoms with E-state index < -0.39 is 0 Å². The van der Waals surface area contributed by atoms with E-state index in [4.69, 9.17) is 0 Å². The fourth-order valence-corrected chi connectivity index (χ4v) is 2.18. The normalized spacial score (nSPS) is 9.68. The number of hydrogen-bond donors (Lipinski definition) is 2. The van der Waals surface area contributed by atoms with Crippen LogP contribution in [0.15, 0.2) is 73.1 Å². The van der Waals surface area contributed by atoms with Gasteiger partial charge in [-0.1, -0.05) is 36.4 Å². The third kappa shape index (κ3) is 5.83. The second kappa shape index (κ2) is 10.6. The van der Waals surface area contributed by atoms with Gasteiger partial charge in [0.2, 0.25) is 0 Å². The molecule has 0 spiro atoms. The predicted molar refractivity (Wildman–Crippen MR) is 110 cm³/mol. The van der Waals surface area contributed by atoms with Crippen LogP contribution in [0.1, 0.15) is 0 Å². The van der Waals surface area contributed by atoms with Gasteiger partial charge in [-0.15, -0.1) is 0 Å². The van der Waals surface area contributed by atoms with Crippen molar-refractivity contribution in [2.75, 3.05) is 0 Å². The van der Waals surface area contributed by atoms with E-state index in [9.17, 15) is 10.2 Å². The van der Waals surface area contributed by atoms with Crippen LogP contribution in [-0.4, -0.2) is 36.9 Å². The molecule has 2 heterocycles. The molecule has 0 aliphatic heterocycles. The van der Waals surface area contributed by atoms with Gasteiger partial charge < -0.3 is 10.2 Å². The molecule has 0 aliphatic rings.